The van der Waals surface area contributed by atoms with Gasteiger partial charge in [0.15, 0.2) is 11.6 Å². The van der Waals surface area contributed by atoms with Crippen LogP contribution in [-0.4, -0.2) is 9.97 Å². The van der Waals surface area contributed by atoms with Crippen molar-refractivity contribution in [3.05, 3.63) is 59.1 Å². The van der Waals surface area contributed by atoms with Crippen LogP contribution >= 0.6 is 11.6 Å². The number of nitrogens with zero attached hydrogens (tertiary/aromatic N) is 2. The van der Waals surface area contributed by atoms with Gasteiger partial charge < -0.3 is 11.1 Å². The summed E-state index contributed by atoms with van der Waals surface area (Å²) in [6.45, 7) is 2.04. The monoisotopic (exact) mass is 298 g/mol. The number of anilines is 2. The fourth-order valence-electron chi connectivity index (χ4n) is 2.16. The zero-order valence-corrected chi connectivity index (χ0v) is 12.3. The van der Waals surface area contributed by atoms with Gasteiger partial charge in [-0.3, -0.25) is 0 Å². The summed E-state index contributed by atoms with van der Waals surface area (Å²) < 4.78 is 0. The summed E-state index contributed by atoms with van der Waals surface area (Å²) in [5.41, 5.74) is 8.69. The number of hydrogen-bond acceptors (Lipinski definition) is 4. The Morgan fingerprint density at radius 1 is 1.00 bits per heavy atom. The largest absolute Gasteiger partial charge is 0.381 e. The zero-order chi connectivity index (χ0) is 14.8. The lowest BCUT2D eigenvalue weighted by atomic mass is 10.1. The van der Waals surface area contributed by atoms with E-state index in [1.54, 1.807) is 0 Å². The third-order valence-corrected chi connectivity index (χ3v) is 3.57. The summed E-state index contributed by atoms with van der Waals surface area (Å²) in [4.78, 5) is 8.90. The minimum absolute atomic E-state index is 0.0556. The molecule has 0 radical (unpaired) electrons. The average Bonchev–Trinajstić information content (AvgIpc) is 2.48. The molecule has 0 amide bonds. The van der Waals surface area contributed by atoms with Crippen LogP contribution in [0.25, 0.3) is 11.0 Å². The Morgan fingerprint density at radius 2 is 1.62 bits per heavy atom. The lowest BCUT2D eigenvalue weighted by molar-refractivity contribution is 0.876. The number of halogens is 1. The lowest BCUT2D eigenvalue weighted by Gasteiger charge is -2.16. The minimum atomic E-state index is 0.0556. The fraction of sp³-hybridized carbons (Fsp3) is 0.125. The molecular weight excluding hydrogens is 284 g/mol. The van der Waals surface area contributed by atoms with Crippen molar-refractivity contribution < 1.29 is 0 Å². The molecular formula is C16H15ClN4. The maximum atomic E-state index is 5.98. The Morgan fingerprint density at radius 3 is 2.29 bits per heavy atom. The second-order valence-electron chi connectivity index (χ2n) is 4.86. The topological polar surface area (TPSA) is 63.8 Å². The van der Waals surface area contributed by atoms with Crippen molar-refractivity contribution in [2.24, 2.45) is 0 Å². The van der Waals surface area contributed by atoms with Crippen LogP contribution in [0.1, 0.15) is 18.5 Å². The molecule has 0 aliphatic rings. The summed E-state index contributed by atoms with van der Waals surface area (Å²) >= 11 is 5.90. The van der Waals surface area contributed by atoms with Crippen molar-refractivity contribution in [1.82, 2.24) is 9.97 Å². The third-order valence-electron chi connectivity index (χ3n) is 3.32. The summed E-state index contributed by atoms with van der Waals surface area (Å²) in [6.07, 6.45) is 0. The molecule has 106 valence electrons. The van der Waals surface area contributed by atoms with E-state index in [0.717, 1.165) is 21.6 Å². The van der Waals surface area contributed by atoms with Crippen molar-refractivity contribution in [1.29, 1.82) is 0 Å². The van der Waals surface area contributed by atoms with E-state index in [1.165, 1.54) is 0 Å². The Balaban J connectivity index is 1.90. The van der Waals surface area contributed by atoms with Crippen molar-refractivity contribution >= 4 is 34.3 Å². The number of aromatic nitrogens is 2. The molecule has 3 N–H and O–H groups in total. The highest BCUT2D eigenvalue weighted by molar-refractivity contribution is 6.30. The normalized spacial score (nSPS) is 12.3. The first-order valence-corrected chi connectivity index (χ1v) is 7.05. The van der Waals surface area contributed by atoms with Gasteiger partial charge in [-0.05, 0) is 36.8 Å². The van der Waals surface area contributed by atoms with Crippen LogP contribution in [-0.2, 0) is 0 Å². The quantitative estimate of drug-likeness (QED) is 0.766. The highest BCUT2D eigenvalue weighted by Gasteiger charge is 2.10. The summed E-state index contributed by atoms with van der Waals surface area (Å²) in [5.74, 6) is 0.991. The van der Waals surface area contributed by atoms with Crippen LogP contribution in [0.4, 0.5) is 11.6 Å². The summed E-state index contributed by atoms with van der Waals surface area (Å²) in [6, 6.07) is 15.4. The van der Waals surface area contributed by atoms with E-state index in [2.05, 4.69) is 15.3 Å². The van der Waals surface area contributed by atoms with Crippen LogP contribution in [0, 0.1) is 0 Å². The molecule has 21 heavy (non-hydrogen) atoms. The molecule has 2 aromatic carbocycles. The molecule has 1 aromatic heterocycles. The van der Waals surface area contributed by atoms with E-state index in [9.17, 15) is 0 Å². The molecule has 3 rings (SSSR count). The molecule has 4 nitrogen and oxygen atoms in total. The SMILES string of the molecule is CC(Nc1nc2ccccc2nc1N)c1ccc(Cl)cc1. The molecule has 5 heteroatoms. The number of nitrogen functional groups attached to an aromatic ring is 1. The van der Waals surface area contributed by atoms with Gasteiger partial charge in [0, 0.05) is 5.02 Å². The first-order chi connectivity index (χ1) is 10.1. The molecule has 0 fully saturated rings. The first kappa shape index (κ1) is 13.6. The van der Waals surface area contributed by atoms with E-state index in [4.69, 9.17) is 17.3 Å². The van der Waals surface area contributed by atoms with Crippen LogP contribution in [0.2, 0.25) is 5.02 Å². The first-order valence-electron chi connectivity index (χ1n) is 6.68. The number of para-hydroxylation sites is 2. The smallest absolute Gasteiger partial charge is 0.170 e. The Bertz CT molecular complexity index is 771. The van der Waals surface area contributed by atoms with Crippen molar-refractivity contribution in [3.8, 4) is 0 Å². The van der Waals surface area contributed by atoms with E-state index >= 15 is 0 Å². The van der Waals surface area contributed by atoms with E-state index in [-0.39, 0.29) is 6.04 Å². The predicted molar refractivity (Wildman–Crippen MR) is 87.4 cm³/mol. The maximum absolute atomic E-state index is 5.98. The summed E-state index contributed by atoms with van der Waals surface area (Å²) in [5, 5.41) is 4.01. The van der Waals surface area contributed by atoms with Gasteiger partial charge in [0.1, 0.15) is 0 Å². The molecule has 1 atom stereocenters. The minimum Gasteiger partial charge on any atom is -0.381 e. The standard InChI is InChI=1S/C16H15ClN4/c1-10(11-6-8-12(17)9-7-11)19-16-15(18)20-13-4-2-3-5-14(13)21-16/h2-10H,1H3,(H2,18,20)(H,19,21). The number of nitrogens with one attached hydrogen (secondary N) is 1. The molecule has 0 aliphatic heterocycles. The molecule has 1 heterocycles. The summed E-state index contributed by atoms with van der Waals surface area (Å²) in [7, 11) is 0. The lowest BCUT2D eigenvalue weighted by Crippen LogP contribution is -2.11. The second-order valence-corrected chi connectivity index (χ2v) is 5.30. The van der Waals surface area contributed by atoms with E-state index in [0.29, 0.717) is 11.6 Å². The third kappa shape index (κ3) is 2.90. The van der Waals surface area contributed by atoms with Crippen LogP contribution in [0.3, 0.4) is 0 Å². The van der Waals surface area contributed by atoms with Crippen LogP contribution < -0.4 is 11.1 Å². The number of benzene rings is 2. The van der Waals surface area contributed by atoms with Gasteiger partial charge in [-0.2, -0.15) is 0 Å². The van der Waals surface area contributed by atoms with Gasteiger partial charge in [0.2, 0.25) is 0 Å². The number of nitrogens with two attached hydrogens (primary N) is 1. The fourth-order valence-corrected chi connectivity index (χ4v) is 2.29. The Labute approximate surface area is 128 Å². The van der Waals surface area contributed by atoms with Gasteiger partial charge in [-0.1, -0.05) is 35.9 Å². The van der Waals surface area contributed by atoms with Gasteiger partial charge >= 0.3 is 0 Å². The Hall–Kier alpha value is -2.33. The van der Waals surface area contributed by atoms with Gasteiger partial charge in [0.25, 0.3) is 0 Å². The molecule has 0 saturated carbocycles. The number of fused-ring (bicyclic) bond motifs is 1. The molecule has 1 unspecified atom stereocenters. The highest BCUT2D eigenvalue weighted by Crippen LogP contribution is 2.24. The molecule has 0 spiro atoms. The van der Waals surface area contributed by atoms with Crippen molar-refractivity contribution in [2.45, 2.75) is 13.0 Å². The average molecular weight is 299 g/mol. The van der Waals surface area contributed by atoms with Gasteiger partial charge in [-0.15, -0.1) is 0 Å². The molecule has 3 aromatic rings. The van der Waals surface area contributed by atoms with Gasteiger partial charge in [0.05, 0.1) is 17.1 Å². The van der Waals surface area contributed by atoms with Crippen LogP contribution in [0.15, 0.2) is 48.5 Å². The molecule has 0 saturated heterocycles. The Kier molecular flexibility index (Phi) is 3.62. The predicted octanol–water partition coefficient (Wildman–Crippen LogP) is 4.04. The number of rotatable bonds is 3. The maximum Gasteiger partial charge on any atom is 0.170 e. The number of hydrogen-bond donors (Lipinski definition) is 2. The van der Waals surface area contributed by atoms with Crippen molar-refractivity contribution in [2.75, 3.05) is 11.1 Å². The molecule has 0 aliphatic carbocycles. The second kappa shape index (κ2) is 5.58. The van der Waals surface area contributed by atoms with E-state index < -0.39 is 0 Å². The van der Waals surface area contributed by atoms with E-state index in [1.807, 2.05) is 55.5 Å². The zero-order valence-electron chi connectivity index (χ0n) is 11.5. The van der Waals surface area contributed by atoms with Crippen molar-refractivity contribution in [3.63, 3.8) is 0 Å². The van der Waals surface area contributed by atoms with Crippen LogP contribution in [0.5, 0.6) is 0 Å². The molecule has 0 bridgehead atoms. The van der Waals surface area contributed by atoms with Gasteiger partial charge in [-0.25, -0.2) is 9.97 Å². The highest BCUT2D eigenvalue weighted by atomic mass is 35.5.